The molecule has 0 spiro atoms. The van der Waals surface area contributed by atoms with Crippen LogP contribution in [0.25, 0.3) is 0 Å². The first-order valence-electron chi connectivity index (χ1n) is 9.50. The number of hydrogen-bond donors (Lipinski definition) is 1. The van der Waals surface area contributed by atoms with Crippen LogP contribution >= 0.6 is 34.9 Å². The molecule has 0 radical (unpaired) electrons. The molecule has 4 bridgehead atoms. The number of nitrogens with one attached hydrogen (secondary N) is 1. The molecule has 1 aromatic heterocycles. The van der Waals surface area contributed by atoms with Crippen LogP contribution in [0.15, 0.2) is 20.8 Å². The highest BCUT2D eigenvalue weighted by Crippen LogP contribution is 2.59. The normalized spacial score (nSPS) is 32.0. The second-order valence-electron chi connectivity index (χ2n) is 8.56. The van der Waals surface area contributed by atoms with Gasteiger partial charge in [0.2, 0.25) is 5.91 Å². The van der Waals surface area contributed by atoms with Crippen molar-refractivity contribution >= 4 is 40.8 Å². The SMILES string of the molecule is C=C(C)CSc1nnc(SCC(=O)NCC23CC4CC(CC(C4)C2)C3)s1. The molecule has 0 aromatic carbocycles. The van der Waals surface area contributed by atoms with E-state index < -0.39 is 0 Å². The van der Waals surface area contributed by atoms with Crippen molar-refractivity contribution in [2.45, 2.75) is 54.1 Å². The van der Waals surface area contributed by atoms with Crippen LogP contribution in [0.2, 0.25) is 0 Å². The third-order valence-electron chi connectivity index (χ3n) is 5.98. The first-order chi connectivity index (χ1) is 12.5. The summed E-state index contributed by atoms with van der Waals surface area (Å²) in [6, 6.07) is 0. The molecule has 1 aromatic rings. The Morgan fingerprint density at radius 3 is 2.19 bits per heavy atom. The van der Waals surface area contributed by atoms with E-state index in [4.69, 9.17) is 0 Å². The van der Waals surface area contributed by atoms with Gasteiger partial charge in [0, 0.05) is 12.3 Å². The average molecular weight is 410 g/mol. The second kappa shape index (κ2) is 7.84. The molecular weight excluding hydrogens is 382 g/mol. The maximum atomic E-state index is 12.3. The molecule has 1 N–H and O–H groups in total. The number of nitrogens with zero attached hydrogens (tertiary/aromatic N) is 2. The minimum absolute atomic E-state index is 0.136. The molecule has 1 heterocycles. The van der Waals surface area contributed by atoms with Crippen molar-refractivity contribution in [2.24, 2.45) is 23.2 Å². The summed E-state index contributed by atoms with van der Waals surface area (Å²) in [5, 5.41) is 11.6. The van der Waals surface area contributed by atoms with Crippen molar-refractivity contribution in [3.05, 3.63) is 12.2 Å². The molecule has 0 saturated heterocycles. The van der Waals surface area contributed by atoms with E-state index >= 15 is 0 Å². The van der Waals surface area contributed by atoms with Crippen LogP contribution in [0.3, 0.4) is 0 Å². The van der Waals surface area contributed by atoms with Gasteiger partial charge in [0.1, 0.15) is 0 Å². The highest BCUT2D eigenvalue weighted by Gasteiger charge is 2.50. The van der Waals surface area contributed by atoms with E-state index in [2.05, 4.69) is 22.1 Å². The number of carbonyl (C=O) groups is 1. The summed E-state index contributed by atoms with van der Waals surface area (Å²) >= 11 is 4.72. The van der Waals surface area contributed by atoms with Crippen molar-refractivity contribution in [1.82, 2.24) is 15.5 Å². The molecule has 0 unspecified atom stereocenters. The summed E-state index contributed by atoms with van der Waals surface area (Å²) in [6.07, 6.45) is 8.37. The third kappa shape index (κ3) is 4.47. The molecule has 7 heteroatoms. The van der Waals surface area contributed by atoms with E-state index in [0.29, 0.717) is 11.2 Å². The predicted molar refractivity (Wildman–Crippen MR) is 110 cm³/mol. The zero-order valence-electron chi connectivity index (χ0n) is 15.3. The Labute approximate surface area is 168 Å². The van der Waals surface area contributed by atoms with Gasteiger partial charge in [-0.15, -0.1) is 10.2 Å². The fourth-order valence-electron chi connectivity index (χ4n) is 5.47. The summed E-state index contributed by atoms with van der Waals surface area (Å²) in [5.74, 6) is 4.24. The summed E-state index contributed by atoms with van der Waals surface area (Å²) in [5.41, 5.74) is 1.54. The first kappa shape index (κ1) is 18.8. The molecule has 5 rings (SSSR count). The largest absolute Gasteiger partial charge is 0.355 e. The average Bonchev–Trinajstić information content (AvgIpc) is 3.03. The summed E-state index contributed by atoms with van der Waals surface area (Å²) in [6.45, 7) is 6.79. The van der Waals surface area contributed by atoms with Crippen molar-refractivity contribution in [1.29, 1.82) is 0 Å². The Balaban J connectivity index is 1.22. The number of amides is 1. The summed E-state index contributed by atoms with van der Waals surface area (Å²) < 4.78 is 1.82. The Morgan fingerprint density at radius 2 is 1.65 bits per heavy atom. The van der Waals surface area contributed by atoms with Crippen LogP contribution in [-0.2, 0) is 4.79 Å². The minimum Gasteiger partial charge on any atom is -0.355 e. The van der Waals surface area contributed by atoms with Crippen LogP contribution in [0.1, 0.15) is 45.4 Å². The van der Waals surface area contributed by atoms with Gasteiger partial charge in [0.15, 0.2) is 8.68 Å². The highest BCUT2D eigenvalue weighted by molar-refractivity contribution is 8.03. The van der Waals surface area contributed by atoms with E-state index in [9.17, 15) is 4.79 Å². The Bertz CT molecular complexity index is 652. The summed E-state index contributed by atoms with van der Waals surface area (Å²) in [7, 11) is 0. The maximum Gasteiger partial charge on any atom is 0.230 e. The molecule has 4 saturated carbocycles. The lowest BCUT2D eigenvalue weighted by Crippen LogP contribution is -2.51. The fraction of sp³-hybridized carbons (Fsp3) is 0.737. The lowest BCUT2D eigenvalue weighted by molar-refractivity contribution is -0.120. The lowest BCUT2D eigenvalue weighted by atomic mass is 9.49. The molecule has 142 valence electrons. The first-order valence-corrected chi connectivity index (χ1v) is 12.3. The van der Waals surface area contributed by atoms with Crippen molar-refractivity contribution in [3.8, 4) is 0 Å². The van der Waals surface area contributed by atoms with Gasteiger partial charge in [-0.1, -0.05) is 47.0 Å². The Morgan fingerprint density at radius 1 is 1.12 bits per heavy atom. The zero-order chi connectivity index (χ0) is 18.1. The van der Waals surface area contributed by atoms with Gasteiger partial charge in [-0.05, 0) is 68.6 Å². The Hall–Kier alpha value is -0.530. The molecule has 4 aliphatic carbocycles. The number of rotatable bonds is 8. The van der Waals surface area contributed by atoms with Gasteiger partial charge in [-0.2, -0.15) is 0 Å². The molecule has 26 heavy (non-hydrogen) atoms. The molecule has 4 nitrogen and oxygen atoms in total. The molecule has 1 amide bonds. The molecular formula is C19H27N3OS3. The van der Waals surface area contributed by atoms with Crippen molar-refractivity contribution < 1.29 is 4.79 Å². The molecule has 4 aliphatic rings. The van der Waals surface area contributed by atoms with Gasteiger partial charge in [-0.3, -0.25) is 4.79 Å². The monoisotopic (exact) mass is 409 g/mol. The van der Waals surface area contributed by atoms with Crippen molar-refractivity contribution in [3.63, 3.8) is 0 Å². The van der Waals surface area contributed by atoms with E-state index in [0.717, 1.165) is 44.3 Å². The third-order valence-corrected chi connectivity index (χ3v) is 9.40. The van der Waals surface area contributed by atoms with Gasteiger partial charge in [-0.25, -0.2) is 0 Å². The zero-order valence-corrected chi connectivity index (χ0v) is 17.8. The van der Waals surface area contributed by atoms with E-state index in [1.165, 1.54) is 50.3 Å². The molecule has 0 atom stereocenters. The van der Waals surface area contributed by atoms with Crippen LogP contribution < -0.4 is 5.32 Å². The molecule has 4 fully saturated rings. The number of thioether (sulfide) groups is 2. The van der Waals surface area contributed by atoms with E-state index in [1.54, 1.807) is 23.1 Å². The Kier molecular flexibility index (Phi) is 5.67. The lowest BCUT2D eigenvalue weighted by Gasteiger charge is -2.56. The topological polar surface area (TPSA) is 54.9 Å². The maximum absolute atomic E-state index is 12.3. The number of aromatic nitrogens is 2. The quantitative estimate of drug-likeness (QED) is 0.501. The van der Waals surface area contributed by atoms with Crippen LogP contribution in [0, 0.1) is 23.2 Å². The van der Waals surface area contributed by atoms with Crippen molar-refractivity contribution in [2.75, 3.05) is 18.1 Å². The standard InChI is InChI=1S/C19H27N3OS3/c1-12(2)9-24-17-21-22-18(26-17)25-10-16(23)20-11-19-6-13-3-14(7-19)5-15(4-13)8-19/h13-15H,1,3-11H2,2H3,(H,20,23). The smallest absolute Gasteiger partial charge is 0.230 e. The van der Waals surface area contributed by atoms with Crippen LogP contribution in [0.5, 0.6) is 0 Å². The van der Waals surface area contributed by atoms with Gasteiger partial charge in [0.25, 0.3) is 0 Å². The highest BCUT2D eigenvalue weighted by atomic mass is 32.2. The van der Waals surface area contributed by atoms with E-state index in [-0.39, 0.29) is 5.91 Å². The molecule has 0 aliphatic heterocycles. The minimum atomic E-state index is 0.136. The van der Waals surface area contributed by atoms with E-state index in [1.807, 2.05) is 6.92 Å². The predicted octanol–water partition coefficient (Wildman–Crippen LogP) is 4.63. The van der Waals surface area contributed by atoms with Crippen LogP contribution in [0.4, 0.5) is 0 Å². The van der Waals surface area contributed by atoms with Gasteiger partial charge in [0.05, 0.1) is 5.75 Å². The fourth-order valence-corrected chi connectivity index (χ4v) is 8.16. The number of carbonyl (C=O) groups excluding carboxylic acids is 1. The second-order valence-corrected chi connectivity index (χ2v) is 12.0. The summed E-state index contributed by atoms with van der Waals surface area (Å²) in [4.78, 5) is 12.3. The van der Waals surface area contributed by atoms with Gasteiger partial charge >= 0.3 is 0 Å². The van der Waals surface area contributed by atoms with Gasteiger partial charge < -0.3 is 5.32 Å². The van der Waals surface area contributed by atoms with Crippen LogP contribution in [-0.4, -0.2) is 34.2 Å². The number of hydrogen-bond acceptors (Lipinski definition) is 6.